The number of fused-ring (bicyclic) bond motifs is 4. The summed E-state index contributed by atoms with van der Waals surface area (Å²) in [6.45, 7) is -0.459. The fraction of sp³-hybridized carbons (Fsp3) is 0.222. The van der Waals surface area contributed by atoms with Crippen LogP contribution in [-0.2, 0) is 18.4 Å². The lowest BCUT2D eigenvalue weighted by Crippen LogP contribution is -2.51. The smallest absolute Gasteiger partial charge is 0.259 e. The van der Waals surface area contributed by atoms with E-state index in [2.05, 4.69) is 4.98 Å². The van der Waals surface area contributed by atoms with E-state index in [-0.39, 0.29) is 29.5 Å². The largest absolute Gasteiger partial charge is 0.510 e. The number of ether oxygens (including phenoxy) is 1. The summed E-state index contributed by atoms with van der Waals surface area (Å²) in [4.78, 5) is 68.7. The van der Waals surface area contributed by atoms with Gasteiger partial charge >= 0.3 is 0 Å². The minimum atomic E-state index is -1.98. The average molecular weight is 550 g/mol. The van der Waals surface area contributed by atoms with Crippen molar-refractivity contribution < 1.29 is 25.2 Å². The predicted molar refractivity (Wildman–Crippen MR) is 141 cm³/mol. The summed E-state index contributed by atoms with van der Waals surface area (Å²) in [5, 5.41) is 41.5. The number of thioether (sulfide) groups is 1. The number of aromatic nitrogens is 1. The van der Waals surface area contributed by atoms with Gasteiger partial charge in [0.2, 0.25) is 16.3 Å². The normalized spacial score (nSPS) is 17.9. The van der Waals surface area contributed by atoms with Gasteiger partial charge in [-0.15, -0.1) is 11.8 Å². The summed E-state index contributed by atoms with van der Waals surface area (Å²) in [5.41, 5.74) is -6.32. The average Bonchev–Trinajstić information content (AvgIpc) is 3.41. The van der Waals surface area contributed by atoms with Crippen LogP contribution in [0.25, 0.3) is 22.3 Å². The first-order valence-corrected chi connectivity index (χ1v) is 12.9. The first kappa shape index (κ1) is 24.9. The van der Waals surface area contributed by atoms with Crippen LogP contribution in [-0.4, -0.2) is 38.8 Å². The van der Waals surface area contributed by atoms with Gasteiger partial charge in [0, 0.05) is 27.6 Å². The number of rotatable bonds is 3. The standard InChI is InChI=1S/C27H19NO10S/c1-38-12-6-11(30)14-15(19(12)31)21(33)17-16(20(14)32)24(35)27(25(17)36)4-3-9-18(27)22(34)13-10(23(9)39-2)5-8(7-29)28-26(13)37/h5-6,29,34-36H,3-4,7H2,1-2H3,(H,28,37). The number of aromatic hydroxyl groups is 1. The Hall–Kier alpha value is -4.42. The van der Waals surface area contributed by atoms with E-state index in [1.54, 1.807) is 6.26 Å². The van der Waals surface area contributed by atoms with E-state index in [1.165, 1.54) is 17.8 Å². The molecule has 0 amide bonds. The number of nitrogens with one attached hydrogen (secondary N) is 1. The fourth-order valence-corrected chi connectivity index (χ4v) is 7.01. The summed E-state index contributed by atoms with van der Waals surface area (Å²) in [6.07, 6.45) is 1.79. The molecule has 1 aromatic heterocycles. The third-order valence-corrected chi connectivity index (χ3v) is 8.68. The molecule has 0 aliphatic heterocycles. The monoisotopic (exact) mass is 549 g/mol. The Balaban J connectivity index is 1.87. The number of phenolic OH excluding ortho intramolecular Hbond substituents is 1. The molecule has 5 N–H and O–H groups in total. The molecule has 1 spiro atoms. The van der Waals surface area contributed by atoms with Gasteiger partial charge in [-0.1, -0.05) is 0 Å². The number of aromatic amines is 1. The molecule has 1 atom stereocenters. The second kappa shape index (κ2) is 8.04. The van der Waals surface area contributed by atoms with Crippen molar-refractivity contribution in [2.75, 3.05) is 13.4 Å². The quantitative estimate of drug-likeness (QED) is 0.191. The van der Waals surface area contributed by atoms with Crippen molar-refractivity contribution in [2.45, 2.75) is 29.8 Å². The Morgan fingerprint density at radius 3 is 2.18 bits per heavy atom. The van der Waals surface area contributed by atoms with Crippen LogP contribution in [0.15, 0.2) is 41.0 Å². The molecule has 0 bridgehead atoms. The molecule has 39 heavy (non-hydrogen) atoms. The van der Waals surface area contributed by atoms with Gasteiger partial charge in [-0.25, -0.2) is 0 Å². The van der Waals surface area contributed by atoms with Crippen LogP contribution in [0.1, 0.15) is 23.2 Å². The van der Waals surface area contributed by atoms with E-state index in [0.29, 0.717) is 15.8 Å². The topological polar surface area (TPSA) is 191 Å². The van der Waals surface area contributed by atoms with E-state index in [0.717, 1.165) is 13.2 Å². The van der Waals surface area contributed by atoms with Gasteiger partial charge in [0.15, 0.2) is 11.2 Å². The zero-order chi connectivity index (χ0) is 28.1. The predicted octanol–water partition coefficient (Wildman–Crippen LogP) is -1.27. The molecule has 4 aliphatic carbocycles. The molecule has 1 unspecified atom stereocenters. The first-order valence-electron chi connectivity index (χ1n) is 11.7. The number of methoxy groups -OCH3 is 1. The Bertz CT molecular complexity index is 2280. The van der Waals surface area contributed by atoms with Crippen LogP contribution in [0.5, 0.6) is 11.5 Å². The Morgan fingerprint density at radius 1 is 0.949 bits per heavy atom. The molecule has 11 nitrogen and oxygen atoms in total. The minimum Gasteiger partial charge on any atom is -0.510 e. The first-order chi connectivity index (χ1) is 18.5. The van der Waals surface area contributed by atoms with Gasteiger partial charge in [-0.05, 0) is 30.7 Å². The lowest BCUT2D eigenvalue weighted by Gasteiger charge is -2.27. The molecule has 4 aliphatic rings. The molecule has 1 aromatic carbocycles. The molecule has 6 rings (SSSR count). The SMILES string of the molecule is COc1cc(=O)c2c(=O)c3c(c(=O)c=2c1=O)=C(O)C1(CCc2c1c(O)c1c(=O)[nH]c(CO)cc1c2SC)C=3O. The Morgan fingerprint density at radius 2 is 1.59 bits per heavy atom. The number of aliphatic hydroxyl groups excluding tert-OH is 3. The third-order valence-electron chi connectivity index (χ3n) is 7.80. The minimum absolute atomic E-state index is 0.0575. The van der Waals surface area contributed by atoms with Gasteiger partial charge in [-0.3, -0.25) is 24.0 Å². The molecular weight excluding hydrogens is 530 g/mol. The summed E-state index contributed by atoms with van der Waals surface area (Å²) in [5.74, 6) is -2.55. The van der Waals surface area contributed by atoms with Gasteiger partial charge in [0.1, 0.15) is 22.7 Å². The molecule has 0 saturated heterocycles. The number of benzene rings is 1. The van der Waals surface area contributed by atoms with Crippen molar-refractivity contribution >= 4 is 34.1 Å². The van der Waals surface area contributed by atoms with Gasteiger partial charge < -0.3 is 30.1 Å². The summed E-state index contributed by atoms with van der Waals surface area (Å²) in [7, 11) is 1.12. The van der Waals surface area contributed by atoms with Crippen molar-refractivity contribution in [3.8, 4) is 11.5 Å². The lowest BCUT2D eigenvalue weighted by atomic mass is 9.78. The number of hydrogen-bond acceptors (Lipinski definition) is 11. The zero-order valence-corrected chi connectivity index (χ0v) is 21.2. The molecule has 1 heterocycles. The van der Waals surface area contributed by atoms with Crippen LogP contribution in [0.3, 0.4) is 0 Å². The highest BCUT2D eigenvalue weighted by Crippen LogP contribution is 2.56. The summed E-state index contributed by atoms with van der Waals surface area (Å²) in [6, 6.07) is 2.30. The molecule has 198 valence electrons. The van der Waals surface area contributed by atoms with Gasteiger partial charge in [-0.2, -0.15) is 0 Å². The highest BCUT2D eigenvalue weighted by Gasteiger charge is 2.53. The van der Waals surface area contributed by atoms with Crippen LogP contribution >= 0.6 is 11.8 Å². The second-order valence-electron chi connectivity index (χ2n) is 9.47. The number of hydrogen-bond donors (Lipinski definition) is 5. The van der Waals surface area contributed by atoms with Crippen molar-refractivity contribution in [1.82, 2.24) is 4.98 Å². The van der Waals surface area contributed by atoms with E-state index < -0.39 is 83.2 Å². The maximum absolute atomic E-state index is 13.6. The van der Waals surface area contributed by atoms with E-state index in [4.69, 9.17) is 4.74 Å². The van der Waals surface area contributed by atoms with Crippen molar-refractivity contribution in [1.29, 1.82) is 0 Å². The van der Waals surface area contributed by atoms with E-state index in [1.807, 2.05) is 0 Å². The summed E-state index contributed by atoms with van der Waals surface area (Å²) < 4.78 is 4.88. The molecule has 0 saturated carbocycles. The number of aliphatic hydroxyl groups is 3. The number of pyridine rings is 1. The fourth-order valence-electron chi connectivity index (χ4n) is 6.18. The number of H-pyrrole nitrogens is 1. The van der Waals surface area contributed by atoms with Crippen molar-refractivity contribution in [3.05, 3.63) is 101 Å². The van der Waals surface area contributed by atoms with Crippen LogP contribution in [0.2, 0.25) is 0 Å². The third kappa shape index (κ3) is 2.79. The van der Waals surface area contributed by atoms with Crippen LogP contribution < -0.4 is 42.4 Å². The van der Waals surface area contributed by atoms with Crippen molar-refractivity contribution in [2.24, 2.45) is 0 Å². The second-order valence-corrected chi connectivity index (χ2v) is 10.3. The molecule has 12 heteroatoms. The van der Waals surface area contributed by atoms with E-state index >= 15 is 0 Å². The van der Waals surface area contributed by atoms with Crippen LogP contribution in [0, 0.1) is 10.4 Å². The molecular formula is C27H19NO10S. The highest BCUT2D eigenvalue weighted by molar-refractivity contribution is 7.98. The Kier molecular flexibility index (Phi) is 5.13. The van der Waals surface area contributed by atoms with Gasteiger partial charge in [0.05, 0.1) is 40.0 Å². The molecule has 0 radical (unpaired) electrons. The van der Waals surface area contributed by atoms with Gasteiger partial charge in [0.25, 0.3) is 5.56 Å². The lowest BCUT2D eigenvalue weighted by molar-refractivity contribution is 0.277. The highest BCUT2D eigenvalue weighted by atomic mass is 32.2. The maximum atomic E-state index is 13.6. The molecule has 2 aromatic rings. The Labute approximate surface area is 219 Å². The maximum Gasteiger partial charge on any atom is 0.259 e. The van der Waals surface area contributed by atoms with Crippen molar-refractivity contribution in [3.63, 3.8) is 0 Å². The van der Waals surface area contributed by atoms with Crippen LogP contribution in [0.4, 0.5) is 0 Å². The summed E-state index contributed by atoms with van der Waals surface area (Å²) >= 11 is 1.24. The number of phenols is 1. The molecule has 0 fully saturated rings. The van der Waals surface area contributed by atoms with E-state index in [9.17, 15) is 44.4 Å². The zero-order valence-electron chi connectivity index (χ0n) is 20.4.